The number of imidazole rings is 1. The van der Waals surface area contributed by atoms with Crippen molar-refractivity contribution in [3.8, 4) is 22.9 Å². The van der Waals surface area contributed by atoms with E-state index in [1.165, 1.54) is 45.7 Å². The number of amides is 1. The highest BCUT2D eigenvalue weighted by atomic mass is 19.1. The zero-order valence-electron chi connectivity index (χ0n) is 18.7. The molecule has 0 aliphatic heterocycles. The minimum Gasteiger partial charge on any atom is -0.454 e. The smallest absolute Gasteiger partial charge is 0.338 e. The lowest BCUT2D eigenvalue weighted by atomic mass is 10.2. The van der Waals surface area contributed by atoms with Crippen LogP contribution in [-0.4, -0.2) is 20.0 Å². The number of pyridine rings is 1. The van der Waals surface area contributed by atoms with Gasteiger partial charge in [-0.15, -0.1) is 0 Å². The molecular formula is C27H18F2N4O3. The van der Waals surface area contributed by atoms with Crippen molar-refractivity contribution in [3.63, 3.8) is 0 Å². The van der Waals surface area contributed by atoms with Gasteiger partial charge in [-0.05, 0) is 54.6 Å². The van der Waals surface area contributed by atoms with Crippen molar-refractivity contribution >= 4 is 22.6 Å². The molecule has 0 fully saturated rings. The van der Waals surface area contributed by atoms with E-state index in [9.17, 15) is 18.4 Å². The Morgan fingerprint density at radius 1 is 0.944 bits per heavy atom. The van der Waals surface area contributed by atoms with Gasteiger partial charge in [0, 0.05) is 24.0 Å². The van der Waals surface area contributed by atoms with Crippen molar-refractivity contribution in [1.82, 2.24) is 14.1 Å². The Bertz CT molecular complexity index is 1690. The number of ether oxygens (including phenoxy) is 1. The molecule has 0 spiro atoms. The van der Waals surface area contributed by atoms with Gasteiger partial charge in [0.15, 0.2) is 11.6 Å². The Labute approximate surface area is 203 Å². The number of aromatic nitrogens is 3. The normalized spacial score (nSPS) is 10.8. The predicted molar refractivity (Wildman–Crippen MR) is 132 cm³/mol. The predicted octanol–water partition coefficient (Wildman–Crippen LogP) is 5.37. The zero-order chi connectivity index (χ0) is 25.2. The Kier molecular flexibility index (Phi) is 5.87. The maximum atomic E-state index is 15.0. The van der Waals surface area contributed by atoms with Gasteiger partial charge in [-0.1, -0.05) is 18.7 Å². The molecule has 36 heavy (non-hydrogen) atoms. The van der Waals surface area contributed by atoms with Gasteiger partial charge in [-0.2, -0.15) is 0 Å². The Morgan fingerprint density at radius 2 is 1.72 bits per heavy atom. The molecule has 0 radical (unpaired) electrons. The molecule has 9 heteroatoms. The summed E-state index contributed by atoms with van der Waals surface area (Å²) in [5.74, 6) is -1.61. The van der Waals surface area contributed by atoms with Crippen LogP contribution in [0.5, 0.6) is 11.5 Å². The van der Waals surface area contributed by atoms with Gasteiger partial charge in [0.05, 0.1) is 28.6 Å². The number of fused-ring (bicyclic) bond motifs is 1. The van der Waals surface area contributed by atoms with Crippen LogP contribution in [0.3, 0.4) is 0 Å². The number of carbonyl (C=O) groups excluding carboxylic acids is 1. The molecule has 2 heterocycles. The highest BCUT2D eigenvalue weighted by molar-refractivity contribution is 5.99. The fraction of sp³-hybridized carbons (Fsp3) is 0. The minimum absolute atomic E-state index is 0.120. The summed E-state index contributed by atoms with van der Waals surface area (Å²) < 4.78 is 36.7. The average Bonchev–Trinajstić information content (AvgIpc) is 3.17. The molecule has 0 bridgehead atoms. The molecule has 1 N–H and O–H groups in total. The van der Waals surface area contributed by atoms with Crippen molar-refractivity contribution in [3.05, 3.63) is 120 Å². The quantitative estimate of drug-likeness (QED) is 0.329. The van der Waals surface area contributed by atoms with Gasteiger partial charge < -0.3 is 10.1 Å². The molecule has 0 aliphatic rings. The number of halogens is 2. The first-order valence-electron chi connectivity index (χ1n) is 10.8. The van der Waals surface area contributed by atoms with Crippen molar-refractivity contribution in [2.75, 3.05) is 5.32 Å². The maximum Gasteiger partial charge on any atom is 0.338 e. The van der Waals surface area contributed by atoms with E-state index >= 15 is 0 Å². The van der Waals surface area contributed by atoms with E-state index in [1.807, 2.05) is 0 Å². The first-order chi connectivity index (χ1) is 17.4. The maximum absolute atomic E-state index is 15.0. The third-order valence-corrected chi connectivity index (χ3v) is 5.40. The van der Waals surface area contributed by atoms with Crippen LogP contribution in [-0.2, 0) is 4.79 Å². The number of anilines is 1. The number of hydrogen-bond acceptors (Lipinski definition) is 4. The average molecular weight is 484 g/mol. The number of nitrogens with zero attached hydrogens (tertiary/aromatic N) is 3. The van der Waals surface area contributed by atoms with Crippen LogP contribution in [0.15, 0.2) is 103 Å². The van der Waals surface area contributed by atoms with Crippen LogP contribution in [0.2, 0.25) is 0 Å². The highest BCUT2D eigenvalue weighted by Crippen LogP contribution is 2.28. The van der Waals surface area contributed by atoms with Gasteiger partial charge in [0.25, 0.3) is 0 Å². The molecule has 178 valence electrons. The molecule has 5 rings (SSSR count). The summed E-state index contributed by atoms with van der Waals surface area (Å²) in [6.07, 6.45) is 4.20. The number of rotatable bonds is 6. The lowest BCUT2D eigenvalue weighted by Crippen LogP contribution is -2.22. The summed E-state index contributed by atoms with van der Waals surface area (Å²) in [6, 6.07) is 17.8. The van der Waals surface area contributed by atoms with Crippen LogP contribution >= 0.6 is 0 Å². The van der Waals surface area contributed by atoms with Crippen molar-refractivity contribution < 1.29 is 18.3 Å². The SMILES string of the molecule is C=CC(=O)Nc1cccc(-n2c(=O)n(-c3ccc(Oc4cccc(F)c4)c(F)c3)c3cnccc32)c1. The second-order valence-corrected chi connectivity index (χ2v) is 7.74. The Morgan fingerprint density at radius 3 is 2.50 bits per heavy atom. The van der Waals surface area contributed by atoms with E-state index in [0.29, 0.717) is 22.4 Å². The zero-order valence-corrected chi connectivity index (χ0v) is 18.7. The first-order valence-corrected chi connectivity index (χ1v) is 10.8. The fourth-order valence-electron chi connectivity index (χ4n) is 3.83. The van der Waals surface area contributed by atoms with Crippen LogP contribution in [0.4, 0.5) is 14.5 Å². The standard InChI is InChI=1S/C27H18F2N4O3/c1-2-26(34)31-18-6-4-7-19(14-18)32-23-11-12-30-16-24(23)33(27(32)35)20-9-10-25(22(29)15-20)36-21-8-3-5-17(28)13-21/h2-16H,1H2,(H,31,34). The first kappa shape index (κ1) is 22.7. The summed E-state index contributed by atoms with van der Waals surface area (Å²) in [7, 11) is 0. The molecule has 3 aromatic carbocycles. The van der Waals surface area contributed by atoms with Gasteiger partial charge in [0.2, 0.25) is 5.91 Å². The van der Waals surface area contributed by atoms with Crippen LogP contribution in [0.1, 0.15) is 0 Å². The summed E-state index contributed by atoms with van der Waals surface area (Å²) >= 11 is 0. The molecule has 2 aromatic heterocycles. The van der Waals surface area contributed by atoms with E-state index in [2.05, 4.69) is 16.9 Å². The molecule has 0 unspecified atom stereocenters. The minimum atomic E-state index is -0.734. The van der Waals surface area contributed by atoms with Gasteiger partial charge in [-0.3, -0.25) is 18.9 Å². The van der Waals surface area contributed by atoms with Crippen LogP contribution < -0.4 is 15.7 Å². The third-order valence-electron chi connectivity index (χ3n) is 5.40. The fourth-order valence-corrected chi connectivity index (χ4v) is 3.83. The van der Waals surface area contributed by atoms with Crippen molar-refractivity contribution in [2.24, 2.45) is 0 Å². The van der Waals surface area contributed by atoms with Crippen LogP contribution in [0, 0.1) is 11.6 Å². The number of benzene rings is 3. The van der Waals surface area contributed by atoms with E-state index in [4.69, 9.17) is 4.74 Å². The van der Waals surface area contributed by atoms with Crippen molar-refractivity contribution in [2.45, 2.75) is 0 Å². The number of hydrogen-bond donors (Lipinski definition) is 1. The topological polar surface area (TPSA) is 78.2 Å². The molecule has 0 atom stereocenters. The van der Waals surface area contributed by atoms with Gasteiger partial charge >= 0.3 is 5.69 Å². The molecular weight excluding hydrogens is 466 g/mol. The summed E-state index contributed by atoms with van der Waals surface area (Å²) in [5, 5.41) is 2.67. The molecule has 0 aliphatic carbocycles. The third kappa shape index (κ3) is 4.25. The monoisotopic (exact) mass is 484 g/mol. The van der Waals surface area contributed by atoms with Crippen molar-refractivity contribution in [1.29, 1.82) is 0 Å². The molecule has 0 saturated carbocycles. The van der Waals surface area contributed by atoms with Gasteiger partial charge in [-0.25, -0.2) is 13.6 Å². The number of nitrogens with one attached hydrogen (secondary N) is 1. The lowest BCUT2D eigenvalue weighted by Gasteiger charge is -2.09. The summed E-state index contributed by atoms with van der Waals surface area (Å²) in [4.78, 5) is 29.4. The molecule has 5 aromatic rings. The van der Waals surface area contributed by atoms with E-state index < -0.39 is 17.3 Å². The second kappa shape index (κ2) is 9.30. The molecule has 0 saturated heterocycles. The highest BCUT2D eigenvalue weighted by Gasteiger charge is 2.18. The lowest BCUT2D eigenvalue weighted by molar-refractivity contribution is -0.111. The molecule has 1 amide bonds. The largest absolute Gasteiger partial charge is 0.454 e. The summed E-state index contributed by atoms with van der Waals surface area (Å²) in [5.41, 5.74) is 1.72. The van der Waals surface area contributed by atoms with Gasteiger partial charge in [0.1, 0.15) is 11.6 Å². The van der Waals surface area contributed by atoms with Crippen LogP contribution in [0.25, 0.3) is 22.4 Å². The second-order valence-electron chi connectivity index (χ2n) is 7.74. The Hall–Kier alpha value is -5.05. The van der Waals surface area contributed by atoms with E-state index in [1.54, 1.807) is 36.5 Å². The summed E-state index contributed by atoms with van der Waals surface area (Å²) in [6.45, 7) is 3.44. The van der Waals surface area contributed by atoms with E-state index in [0.717, 1.165) is 18.2 Å². The Balaban J connectivity index is 1.59. The van der Waals surface area contributed by atoms with E-state index in [-0.39, 0.29) is 23.1 Å². The number of carbonyl (C=O) groups is 1. The molecule has 7 nitrogen and oxygen atoms in total.